The summed E-state index contributed by atoms with van der Waals surface area (Å²) in [6, 6.07) is 8.52. The summed E-state index contributed by atoms with van der Waals surface area (Å²) in [5, 5.41) is 2.26. The van der Waals surface area contributed by atoms with Gasteiger partial charge in [-0.05, 0) is 49.2 Å². The molecule has 0 radical (unpaired) electrons. The maximum Gasteiger partial charge on any atom is 0.337 e. The molecule has 1 amide bonds. The summed E-state index contributed by atoms with van der Waals surface area (Å²) >= 11 is 0. The Hall–Kier alpha value is -2.65. The quantitative estimate of drug-likeness (QED) is 0.755. The number of hydrogen-bond donors (Lipinski definition) is 2. The predicted octanol–water partition coefficient (Wildman–Crippen LogP) is 1.76. The lowest BCUT2D eigenvalue weighted by atomic mass is 10.2. The second kappa shape index (κ2) is 6.69. The zero-order chi connectivity index (χ0) is 18.0. The first-order chi connectivity index (χ1) is 11.9. The molecule has 132 valence electrons. The molecule has 0 unspecified atom stereocenters. The van der Waals surface area contributed by atoms with Gasteiger partial charge in [0.15, 0.2) is 5.76 Å². The van der Waals surface area contributed by atoms with Crippen LogP contribution in [0.5, 0.6) is 0 Å². The Kier molecular flexibility index (Phi) is 4.60. The van der Waals surface area contributed by atoms with Crippen LogP contribution in [0.25, 0.3) is 0 Å². The number of nitrogens with one attached hydrogen (secondary N) is 2. The van der Waals surface area contributed by atoms with Crippen molar-refractivity contribution in [1.82, 2.24) is 4.72 Å². The Balaban J connectivity index is 1.68. The number of carbonyl (C=O) groups is 2. The van der Waals surface area contributed by atoms with Crippen LogP contribution in [-0.2, 0) is 14.8 Å². The SMILES string of the molecule is COC(=O)c1ccc(NC(=O)c2ccc(S(=O)(=O)NC3CC3)o2)cc1. The maximum absolute atomic E-state index is 12.2. The van der Waals surface area contributed by atoms with Gasteiger partial charge in [0, 0.05) is 11.7 Å². The first-order valence-electron chi connectivity index (χ1n) is 7.51. The topological polar surface area (TPSA) is 115 Å². The lowest BCUT2D eigenvalue weighted by Gasteiger charge is -2.05. The first kappa shape index (κ1) is 17.2. The normalized spacial score (nSPS) is 14.1. The molecule has 9 heteroatoms. The molecule has 1 fully saturated rings. The van der Waals surface area contributed by atoms with Crippen molar-refractivity contribution >= 4 is 27.6 Å². The summed E-state index contributed by atoms with van der Waals surface area (Å²) in [7, 11) is -2.47. The van der Waals surface area contributed by atoms with E-state index >= 15 is 0 Å². The highest BCUT2D eigenvalue weighted by Crippen LogP contribution is 2.23. The number of anilines is 1. The zero-order valence-electron chi connectivity index (χ0n) is 13.3. The standard InChI is InChI=1S/C16H16N2O6S/c1-23-16(20)10-2-4-11(5-3-10)17-15(19)13-8-9-14(24-13)25(21,22)18-12-6-7-12/h2-5,8-9,12,18H,6-7H2,1H3,(H,17,19). The number of methoxy groups -OCH3 is 1. The fourth-order valence-electron chi connectivity index (χ4n) is 2.07. The van der Waals surface area contributed by atoms with E-state index in [0.717, 1.165) is 12.8 Å². The average Bonchev–Trinajstić information content (AvgIpc) is 3.24. The number of esters is 1. The van der Waals surface area contributed by atoms with E-state index in [9.17, 15) is 18.0 Å². The number of sulfonamides is 1. The monoisotopic (exact) mass is 364 g/mol. The smallest absolute Gasteiger partial charge is 0.337 e. The molecule has 25 heavy (non-hydrogen) atoms. The van der Waals surface area contributed by atoms with Gasteiger partial charge in [-0.25, -0.2) is 17.9 Å². The summed E-state index contributed by atoms with van der Waals surface area (Å²) in [5.41, 5.74) is 0.771. The van der Waals surface area contributed by atoms with E-state index < -0.39 is 21.9 Å². The highest BCUT2D eigenvalue weighted by atomic mass is 32.2. The molecule has 2 aromatic rings. The molecular formula is C16H16N2O6S. The fraction of sp³-hybridized carbons (Fsp3) is 0.250. The Morgan fingerprint density at radius 2 is 1.80 bits per heavy atom. The van der Waals surface area contributed by atoms with Crippen LogP contribution in [0.1, 0.15) is 33.8 Å². The summed E-state index contributed by atoms with van der Waals surface area (Å²) in [6.07, 6.45) is 1.60. The second-order valence-electron chi connectivity index (χ2n) is 5.54. The molecule has 0 aliphatic heterocycles. The van der Waals surface area contributed by atoms with Crippen molar-refractivity contribution in [3.63, 3.8) is 0 Å². The van der Waals surface area contributed by atoms with Gasteiger partial charge in [-0.2, -0.15) is 0 Å². The molecule has 0 atom stereocenters. The van der Waals surface area contributed by atoms with Crippen LogP contribution in [0.2, 0.25) is 0 Å². The fourth-order valence-corrected chi connectivity index (χ4v) is 3.30. The summed E-state index contributed by atoms with van der Waals surface area (Å²) < 4.78 is 36.3. The van der Waals surface area contributed by atoms with E-state index in [1.54, 1.807) is 0 Å². The summed E-state index contributed by atoms with van der Waals surface area (Å²) in [6.45, 7) is 0. The number of amides is 1. The Bertz CT molecular complexity index is 897. The Morgan fingerprint density at radius 1 is 1.12 bits per heavy atom. The third kappa shape index (κ3) is 4.06. The number of rotatable bonds is 6. The van der Waals surface area contributed by atoms with E-state index in [1.165, 1.54) is 43.5 Å². The van der Waals surface area contributed by atoms with Crippen LogP contribution < -0.4 is 10.0 Å². The molecule has 8 nitrogen and oxygen atoms in total. The van der Waals surface area contributed by atoms with E-state index in [4.69, 9.17) is 4.42 Å². The molecule has 0 bridgehead atoms. The van der Waals surface area contributed by atoms with E-state index in [2.05, 4.69) is 14.8 Å². The molecule has 2 N–H and O–H groups in total. The highest BCUT2D eigenvalue weighted by molar-refractivity contribution is 7.89. The lowest BCUT2D eigenvalue weighted by molar-refractivity contribution is 0.0600. The third-order valence-electron chi connectivity index (χ3n) is 3.53. The largest absolute Gasteiger partial charge is 0.465 e. The van der Waals surface area contributed by atoms with Gasteiger partial charge >= 0.3 is 5.97 Å². The molecule has 0 saturated heterocycles. The van der Waals surface area contributed by atoms with Crippen LogP contribution in [0, 0.1) is 0 Å². The first-order valence-corrected chi connectivity index (χ1v) is 8.99. The van der Waals surface area contributed by atoms with Crippen molar-refractivity contribution in [2.75, 3.05) is 12.4 Å². The van der Waals surface area contributed by atoms with Gasteiger partial charge in [0.2, 0.25) is 5.09 Å². The third-order valence-corrected chi connectivity index (χ3v) is 4.93. The molecule has 1 aliphatic carbocycles. The summed E-state index contributed by atoms with van der Waals surface area (Å²) in [5.74, 6) is -1.21. The molecule has 1 aromatic heterocycles. The van der Waals surface area contributed by atoms with Gasteiger partial charge in [0.1, 0.15) is 0 Å². The van der Waals surface area contributed by atoms with Crippen LogP contribution in [0.3, 0.4) is 0 Å². The van der Waals surface area contributed by atoms with Crippen molar-refractivity contribution in [3.8, 4) is 0 Å². The number of carbonyl (C=O) groups excluding carboxylic acids is 2. The van der Waals surface area contributed by atoms with Crippen molar-refractivity contribution in [2.24, 2.45) is 0 Å². The van der Waals surface area contributed by atoms with Crippen molar-refractivity contribution in [2.45, 2.75) is 24.0 Å². The molecule has 1 saturated carbocycles. The van der Waals surface area contributed by atoms with Gasteiger partial charge in [-0.3, -0.25) is 4.79 Å². The van der Waals surface area contributed by atoms with Crippen LogP contribution in [-0.4, -0.2) is 33.4 Å². The highest BCUT2D eigenvalue weighted by Gasteiger charge is 2.30. The van der Waals surface area contributed by atoms with E-state index in [-0.39, 0.29) is 16.9 Å². The summed E-state index contributed by atoms with van der Waals surface area (Å²) in [4.78, 5) is 23.5. The van der Waals surface area contributed by atoms with Gasteiger partial charge < -0.3 is 14.5 Å². The van der Waals surface area contributed by atoms with Gasteiger partial charge in [-0.15, -0.1) is 0 Å². The molecule has 1 aromatic carbocycles. The van der Waals surface area contributed by atoms with E-state index in [0.29, 0.717) is 11.3 Å². The van der Waals surface area contributed by atoms with Crippen molar-refractivity contribution in [1.29, 1.82) is 0 Å². The minimum Gasteiger partial charge on any atom is -0.465 e. The molecule has 0 spiro atoms. The maximum atomic E-state index is 12.2. The molecule has 3 rings (SSSR count). The van der Waals surface area contributed by atoms with Crippen molar-refractivity contribution < 1.29 is 27.2 Å². The van der Waals surface area contributed by atoms with Crippen LogP contribution in [0.4, 0.5) is 5.69 Å². The average molecular weight is 364 g/mol. The van der Waals surface area contributed by atoms with Crippen LogP contribution >= 0.6 is 0 Å². The number of ether oxygens (including phenoxy) is 1. The molecule has 1 heterocycles. The van der Waals surface area contributed by atoms with Crippen LogP contribution in [0.15, 0.2) is 45.9 Å². The van der Waals surface area contributed by atoms with Crippen molar-refractivity contribution in [3.05, 3.63) is 47.7 Å². The predicted molar refractivity (Wildman–Crippen MR) is 87.8 cm³/mol. The number of furan rings is 1. The van der Waals surface area contributed by atoms with Gasteiger partial charge in [-0.1, -0.05) is 0 Å². The Morgan fingerprint density at radius 3 is 2.40 bits per heavy atom. The zero-order valence-corrected chi connectivity index (χ0v) is 14.1. The minimum atomic E-state index is -3.75. The minimum absolute atomic E-state index is 0.0549. The molecule has 1 aliphatic rings. The van der Waals surface area contributed by atoms with E-state index in [1.807, 2.05) is 0 Å². The second-order valence-corrected chi connectivity index (χ2v) is 7.18. The van der Waals surface area contributed by atoms with Gasteiger partial charge in [0.05, 0.1) is 12.7 Å². The van der Waals surface area contributed by atoms with Gasteiger partial charge in [0.25, 0.3) is 15.9 Å². The number of hydrogen-bond acceptors (Lipinski definition) is 6. The number of benzene rings is 1. The Labute approximate surface area is 144 Å². The lowest BCUT2D eigenvalue weighted by Crippen LogP contribution is -2.25. The molecular weight excluding hydrogens is 348 g/mol.